The molecule has 1 aliphatic rings. The van der Waals surface area contributed by atoms with E-state index in [0.29, 0.717) is 19.6 Å². The maximum atomic E-state index is 12.2. The van der Waals surface area contributed by atoms with Crippen LogP contribution in [0.4, 0.5) is 11.4 Å². The van der Waals surface area contributed by atoms with Crippen LogP contribution in [-0.2, 0) is 9.53 Å². The number of carbonyl (C=O) groups is 2. The summed E-state index contributed by atoms with van der Waals surface area (Å²) in [6.45, 7) is -0.0407. The van der Waals surface area contributed by atoms with Crippen LogP contribution in [0.3, 0.4) is 0 Å². The van der Waals surface area contributed by atoms with E-state index in [1.54, 1.807) is 0 Å². The third-order valence-corrected chi connectivity index (χ3v) is 5.04. The first-order chi connectivity index (χ1) is 14.3. The first kappa shape index (κ1) is 21.9. The highest BCUT2D eigenvalue weighted by molar-refractivity contribution is 6.46. The summed E-state index contributed by atoms with van der Waals surface area (Å²) >= 11 is 17.7. The maximum absolute atomic E-state index is 12.2. The monoisotopic (exact) mass is 474 g/mol. The fourth-order valence-electron chi connectivity index (χ4n) is 2.55. The molecule has 0 spiro atoms. The summed E-state index contributed by atoms with van der Waals surface area (Å²) in [6, 6.07) is 5.20. The second kappa shape index (κ2) is 9.38. The predicted octanol–water partition coefficient (Wildman–Crippen LogP) is 4.51. The fraction of sp³-hybridized carbons (Fsp3) is 0.222. The lowest BCUT2D eigenvalue weighted by molar-refractivity contribution is -0.384. The number of halogens is 3. The van der Waals surface area contributed by atoms with Crippen LogP contribution in [0.25, 0.3) is 0 Å². The minimum atomic E-state index is -0.976. The highest BCUT2D eigenvalue weighted by Gasteiger charge is 2.24. The molecule has 2 aromatic rings. The molecule has 9 nitrogen and oxygen atoms in total. The zero-order valence-electron chi connectivity index (χ0n) is 15.1. The Bertz CT molecular complexity index is 1030. The normalized spacial score (nSPS) is 12.6. The van der Waals surface area contributed by atoms with E-state index in [1.807, 2.05) is 0 Å². The molecule has 2 aromatic carbocycles. The van der Waals surface area contributed by atoms with Gasteiger partial charge in [0.2, 0.25) is 0 Å². The number of fused-ring (bicyclic) bond motifs is 1. The summed E-state index contributed by atoms with van der Waals surface area (Å²) in [6.07, 6.45) is 0.606. The van der Waals surface area contributed by atoms with E-state index < -0.39 is 29.1 Å². The topological polar surface area (TPSA) is 117 Å². The molecule has 1 heterocycles. The molecule has 3 rings (SSSR count). The van der Waals surface area contributed by atoms with Crippen molar-refractivity contribution < 1.29 is 28.7 Å². The number of nitro benzene ring substituents is 1. The summed E-state index contributed by atoms with van der Waals surface area (Å²) in [7, 11) is 0. The third kappa shape index (κ3) is 4.86. The molecule has 0 saturated carbocycles. The summed E-state index contributed by atoms with van der Waals surface area (Å²) < 4.78 is 15.8. The van der Waals surface area contributed by atoms with E-state index in [0.717, 1.165) is 6.07 Å². The number of ether oxygens (including phenoxy) is 3. The van der Waals surface area contributed by atoms with Crippen molar-refractivity contribution in [1.82, 2.24) is 0 Å². The maximum Gasteiger partial charge on any atom is 0.341 e. The van der Waals surface area contributed by atoms with Crippen LogP contribution in [0.1, 0.15) is 16.8 Å². The average molecular weight is 476 g/mol. The van der Waals surface area contributed by atoms with Gasteiger partial charge in [0.25, 0.3) is 11.6 Å². The van der Waals surface area contributed by atoms with Gasteiger partial charge in [-0.3, -0.25) is 14.9 Å². The number of hydrogen-bond acceptors (Lipinski definition) is 7. The van der Waals surface area contributed by atoms with Crippen molar-refractivity contribution in [2.75, 3.05) is 25.1 Å². The van der Waals surface area contributed by atoms with E-state index in [-0.39, 0.29) is 37.8 Å². The van der Waals surface area contributed by atoms with Crippen LogP contribution in [0.2, 0.25) is 15.1 Å². The molecule has 0 atom stereocenters. The van der Waals surface area contributed by atoms with Gasteiger partial charge < -0.3 is 19.5 Å². The lowest BCUT2D eigenvalue weighted by Crippen LogP contribution is -2.21. The number of nitrogens with one attached hydrogen (secondary N) is 1. The summed E-state index contributed by atoms with van der Waals surface area (Å²) in [4.78, 5) is 35.1. The molecular weight excluding hydrogens is 463 g/mol. The Hall–Kier alpha value is -2.75. The summed E-state index contributed by atoms with van der Waals surface area (Å²) in [5.74, 6) is -1.34. The van der Waals surface area contributed by atoms with Gasteiger partial charge in [-0.25, -0.2) is 4.79 Å². The molecule has 1 N–H and O–H groups in total. The number of esters is 1. The Balaban J connectivity index is 1.73. The van der Waals surface area contributed by atoms with Gasteiger partial charge >= 0.3 is 5.97 Å². The SMILES string of the molecule is O=C(COC(=O)c1c(Cl)ccc(Cl)c1Cl)Nc1cc2c(cc1[N+](=O)[O-])OCCCO2. The van der Waals surface area contributed by atoms with E-state index in [1.165, 1.54) is 18.2 Å². The number of rotatable bonds is 5. The van der Waals surface area contributed by atoms with Gasteiger partial charge in [-0.05, 0) is 12.1 Å². The highest BCUT2D eigenvalue weighted by atomic mass is 35.5. The first-order valence-corrected chi connectivity index (χ1v) is 9.60. The van der Waals surface area contributed by atoms with Crippen molar-refractivity contribution in [2.45, 2.75) is 6.42 Å². The van der Waals surface area contributed by atoms with Crippen LogP contribution in [0.5, 0.6) is 11.5 Å². The van der Waals surface area contributed by atoms with Crippen molar-refractivity contribution in [3.05, 3.63) is 55.0 Å². The summed E-state index contributed by atoms with van der Waals surface area (Å²) in [5.41, 5.74) is -0.732. The van der Waals surface area contributed by atoms with Gasteiger partial charge in [-0.1, -0.05) is 34.8 Å². The number of hydrogen-bond donors (Lipinski definition) is 1. The fourth-order valence-corrected chi connectivity index (χ4v) is 3.24. The molecule has 0 saturated heterocycles. The van der Waals surface area contributed by atoms with Crippen LogP contribution in [0, 0.1) is 10.1 Å². The Morgan fingerprint density at radius 2 is 1.73 bits per heavy atom. The van der Waals surface area contributed by atoms with Crippen molar-refractivity contribution in [3.63, 3.8) is 0 Å². The minimum absolute atomic E-state index is 0.00616. The minimum Gasteiger partial charge on any atom is -0.489 e. The van der Waals surface area contributed by atoms with E-state index in [4.69, 9.17) is 49.0 Å². The average Bonchev–Trinajstić information content (AvgIpc) is 2.93. The molecule has 0 radical (unpaired) electrons. The molecule has 30 heavy (non-hydrogen) atoms. The van der Waals surface area contributed by atoms with Crippen molar-refractivity contribution in [3.8, 4) is 11.5 Å². The molecule has 0 aromatic heterocycles. The predicted molar refractivity (Wildman–Crippen MR) is 109 cm³/mol. The lowest BCUT2D eigenvalue weighted by Gasteiger charge is -2.12. The molecule has 158 valence electrons. The zero-order chi connectivity index (χ0) is 21.8. The van der Waals surface area contributed by atoms with E-state index in [2.05, 4.69) is 5.32 Å². The van der Waals surface area contributed by atoms with Crippen molar-refractivity contribution >= 4 is 58.1 Å². The van der Waals surface area contributed by atoms with Gasteiger partial charge in [0.15, 0.2) is 18.1 Å². The van der Waals surface area contributed by atoms with Crippen molar-refractivity contribution in [1.29, 1.82) is 0 Å². The number of anilines is 1. The summed E-state index contributed by atoms with van der Waals surface area (Å²) in [5, 5.41) is 13.6. The standard InChI is InChI=1S/C18H13Cl3N2O7/c19-9-2-3-10(20)17(21)16(9)18(25)30-8-15(24)22-11-6-13-14(7-12(11)23(26)27)29-5-1-4-28-13/h2-3,6-7H,1,4-5,8H2,(H,22,24). The zero-order valence-corrected chi connectivity index (χ0v) is 17.3. The molecule has 0 bridgehead atoms. The number of benzene rings is 2. The van der Waals surface area contributed by atoms with E-state index in [9.17, 15) is 19.7 Å². The Labute approximate surface area is 184 Å². The first-order valence-electron chi connectivity index (χ1n) is 8.46. The molecule has 0 unspecified atom stereocenters. The van der Waals surface area contributed by atoms with Gasteiger partial charge in [-0.15, -0.1) is 0 Å². The largest absolute Gasteiger partial charge is 0.489 e. The number of nitrogens with zero attached hydrogens (tertiary/aromatic N) is 1. The quantitative estimate of drug-likeness (QED) is 0.292. The smallest absolute Gasteiger partial charge is 0.341 e. The van der Waals surface area contributed by atoms with Crippen LogP contribution in [-0.4, -0.2) is 36.6 Å². The Morgan fingerprint density at radius 3 is 2.40 bits per heavy atom. The van der Waals surface area contributed by atoms with Crippen LogP contribution in [0.15, 0.2) is 24.3 Å². The highest BCUT2D eigenvalue weighted by Crippen LogP contribution is 2.39. The van der Waals surface area contributed by atoms with Crippen LogP contribution >= 0.6 is 34.8 Å². The molecule has 0 fully saturated rings. The van der Waals surface area contributed by atoms with Crippen molar-refractivity contribution in [2.24, 2.45) is 0 Å². The number of amides is 1. The molecule has 1 amide bonds. The van der Waals surface area contributed by atoms with Gasteiger partial charge in [-0.2, -0.15) is 0 Å². The molecule has 12 heteroatoms. The second-order valence-corrected chi connectivity index (χ2v) is 7.16. The Kier molecular flexibility index (Phi) is 6.86. The molecule has 1 aliphatic heterocycles. The number of nitro groups is 1. The van der Waals surface area contributed by atoms with Crippen LogP contribution < -0.4 is 14.8 Å². The van der Waals surface area contributed by atoms with E-state index >= 15 is 0 Å². The van der Waals surface area contributed by atoms with Gasteiger partial charge in [0.05, 0.1) is 44.8 Å². The number of carbonyl (C=O) groups excluding carboxylic acids is 2. The third-order valence-electron chi connectivity index (χ3n) is 3.92. The Morgan fingerprint density at radius 1 is 1.10 bits per heavy atom. The lowest BCUT2D eigenvalue weighted by atomic mass is 10.2. The molecule has 0 aliphatic carbocycles. The molecular formula is C18H13Cl3N2O7. The van der Waals surface area contributed by atoms with Gasteiger partial charge in [0.1, 0.15) is 5.69 Å². The second-order valence-electron chi connectivity index (χ2n) is 5.97. The van der Waals surface area contributed by atoms with Gasteiger partial charge in [0, 0.05) is 12.5 Å².